The van der Waals surface area contributed by atoms with Gasteiger partial charge in [-0.3, -0.25) is 0 Å². The lowest BCUT2D eigenvalue weighted by molar-refractivity contribution is 0.365. The van der Waals surface area contributed by atoms with E-state index in [1.165, 1.54) is 19.4 Å². The lowest BCUT2D eigenvalue weighted by Crippen LogP contribution is -1.89. The molecule has 0 N–H and O–H groups in total. The monoisotopic (exact) mass is 125 g/mol. The highest BCUT2D eigenvalue weighted by Gasteiger charge is 2.01. The highest BCUT2D eigenvalue weighted by molar-refractivity contribution is 4.97. The zero-order chi connectivity index (χ0) is 6.69. The third kappa shape index (κ3) is 1.45. The molecule has 0 aliphatic heterocycles. The molecule has 0 saturated carbocycles. The number of halogens is 1. The van der Waals surface area contributed by atoms with Crippen molar-refractivity contribution < 1.29 is 4.39 Å². The summed E-state index contributed by atoms with van der Waals surface area (Å²) in [5.74, 6) is 0. The Balaban J connectivity index is 2.85. The maximum Gasteiger partial charge on any atom is 0.140 e. The predicted octanol–water partition coefficient (Wildman–Crippen LogP) is 1.31. The molecule has 3 heteroatoms. The number of hydrogen-bond acceptors (Lipinski definition) is 2. The molecule has 47 valence electrons. The van der Waals surface area contributed by atoms with E-state index in [0.717, 1.165) is 0 Å². The van der Waals surface area contributed by atoms with Gasteiger partial charge in [0.25, 0.3) is 0 Å². The van der Waals surface area contributed by atoms with Crippen LogP contribution >= 0.6 is 0 Å². The molecule has 1 aromatic rings. The average molecular weight is 125 g/mol. The summed E-state index contributed by atoms with van der Waals surface area (Å²) in [6, 6.07) is 2.57. The van der Waals surface area contributed by atoms with Crippen molar-refractivity contribution in [2.75, 3.05) is 0 Å². The minimum Gasteiger partial charge on any atom is -0.244 e. The number of hydrogen-bond donors (Lipinski definition) is 0. The van der Waals surface area contributed by atoms with Crippen LogP contribution < -0.4 is 0 Å². The quantitative estimate of drug-likeness (QED) is 0.565. The van der Waals surface area contributed by atoms with Crippen molar-refractivity contribution in [3.63, 3.8) is 0 Å². The first-order chi connectivity index (χ1) is 4.30. The van der Waals surface area contributed by atoms with Gasteiger partial charge in [-0.1, -0.05) is 0 Å². The summed E-state index contributed by atoms with van der Waals surface area (Å²) in [7, 11) is 0. The molecule has 1 radical (unpaired) electrons. The van der Waals surface area contributed by atoms with Crippen molar-refractivity contribution in [3.8, 4) is 0 Å². The van der Waals surface area contributed by atoms with Gasteiger partial charge in [-0.05, 0) is 6.92 Å². The van der Waals surface area contributed by atoms with E-state index in [0.29, 0.717) is 5.69 Å². The number of rotatable bonds is 1. The van der Waals surface area contributed by atoms with Crippen LogP contribution in [0.15, 0.2) is 12.5 Å². The zero-order valence-corrected chi connectivity index (χ0v) is 5.00. The maximum atomic E-state index is 12.3. The molecule has 0 aromatic carbocycles. The first-order valence-corrected chi connectivity index (χ1v) is 2.62. The topological polar surface area (TPSA) is 25.8 Å². The Labute approximate surface area is 52.8 Å². The minimum absolute atomic E-state index is 0.310. The molecule has 1 rings (SSSR count). The Morgan fingerprint density at radius 1 is 1.78 bits per heavy atom. The highest BCUT2D eigenvalue weighted by atomic mass is 19.1. The van der Waals surface area contributed by atoms with Crippen LogP contribution in [-0.2, 0) is 0 Å². The molecule has 9 heavy (non-hydrogen) atoms. The van der Waals surface area contributed by atoms with Crippen molar-refractivity contribution in [1.29, 1.82) is 0 Å². The largest absolute Gasteiger partial charge is 0.244 e. The Bertz CT molecular complexity index is 174. The van der Waals surface area contributed by atoms with Gasteiger partial charge in [0.2, 0.25) is 0 Å². The van der Waals surface area contributed by atoms with Crippen LogP contribution in [-0.4, -0.2) is 9.97 Å². The Morgan fingerprint density at radius 2 is 2.56 bits per heavy atom. The number of alkyl halides is 1. The molecule has 0 aliphatic rings. The van der Waals surface area contributed by atoms with Crippen LogP contribution in [0.5, 0.6) is 0 Å². The van der Waals surface area contributed by atoms with Crippen molar-refractivity contribution >= 4 is 0 Å². The standard InChI is InChI=1S/C6H6FN2/c1-5(7)6-2-3-8-4-9-6/h3-5H,1H3. The molecule has 0 amide bonds. The Morgan fingerprint density at radius 3 is 2.89 bits per heavy atom. The summed E-state index contributed by atoms with van der Waals surface area (Å²) in [5, 5.41) is 0. The van der Waals surface area contributed by atoms with Gasteiger partial charge in [0, 0.05) is 12.3 Å². The van der Waals surface area contributed by atoms with Crippen LogP contribution in [0.4, 0.5) is 4.39 Å². The van der Waals surface area contributed by atoms with E-state index in [9.17, 15) is 4.39 Å². The molecule has 1 aromatic heterocycles. The molecule has 0 saturated heterocycles. The number of nitrogens with zero attached hydrogens (tertiary/aromatic N) is 2. The molecular weight excluding hydrogens is 119 g/mol. The van der Waals surface area contributed by atoms with Crippen LogP contribution in [0, 0.1) is 6.07 Å². The van der Waals surface area contributed by atoms with E-state index in [4.69, 9.17) is 0 Å². The van der Waals surface area contributed by atoms with Gasteiger partial charge in [0.15, 0.2) is 0 Å². The molecular formula is C6H6FN2. The van der Waals surface area contributed by atoms with Crippen molar-refractivity contribution in [2.45, 2.75) is 13.1 Å². The molecule has 1 atom stereocenters. The van der Waals surface area contributed by atoms with Gasteiger partial charge in [-0.2, -0.15) is 0 Å². The lowest BCUT2D eigenvalue weighted by atomic mass is 10.3. The van der Waals surface area contributed by atoms with Crippen molar-refractivity contribution in [1.82, 2.24) is 9.97 Å². The first-order valence-electron chi connectivity index (χ1n) is 2.62. The molecule has 2 nitrogen and oxygen atoms in total. The van der Waals surface area contributed by atoms with Gasteiger partial charge < -0.3 is 0 Å². The second-order valence-electron chi connectivity index (χ2n) is 1.67. The molecule has 1 unspecified atom stereocenters. The lowest BCUT2D eigenvalue weighted by Gasteiger charge is -1.95. The van der Waals surface area contributed by atoms with E-state index in [1.54, 1.807) is 0 Å². The van der Waals surface area contributed by atoms with Gasteiger partial charge in [0.1, 0.15) is 12.5 Å². The zero-order valence-electron chi connectivity index (χ0n) is 5.00. The molecule has 0 fully saturated rings. The van der Waals surface area contributed by atoms with E-state index in [-0.39, 0.29) is 0 Å². The predicted molar refractivity (Wildman–Crippen MR) is 30.4 cm³/mol. The Hall–Kier alpha value is -0.990. The van der Waals surface area contributed by atoms with Gasteiger partial charge in [0.05, 0.1) is 5.69 Å². The van der Waals surface area contributed by atoms with E-state index >= 15 is 0 Å². The second-order valence-corrected chi connectivity index (χ2v) is 1.67. The third-order valence-electron chi connectivity index (χ3n) is 0.927. The summed E-state index contributed by atoms with van der Waals surface area (Å²) in [5.41, 5.74) is 0.310. The SMILES string of the molecule is CC(F)c1[c]cncn1. The summed E-state index contributed by atoms with van der Waals surface area (Å²) in [4.78, 5) is 7.23. The molecule has 0 bridgehead atoms. The smallest absolute Gasteiger partial charge is 0.140 e. The Kier molecular flexibility index (Phi) is 1.72. The summed E-state index contributed by atoms with van der Waals surface area (Å²) >= 11 is 0. The maximum absolute atomic E-state index is 12.3. The molecule has 0 aliphatic carbocycles. The summed E-state index contributed by atoms with van der Waals surface area (Å²) in [6.07, 6.45) is 1.66. The first kappa shape index (κ1) is 6.13. The van der Waals surface area contributed by atoms with E-state index < -0.39 is 6.17 Å². The summed E-state index contributed by atoms with van der Waals surface area (Å²) < 4.78 is 12.3. The summed E-state index contributed by atoms with van der Waals surface area (Å²) in [6.45, 7) is 1.42. The van der Waals surface area contributed by atoms with Crippen molar-refractivity contribution in [2.24, 2.45) is 0 Å². The van der Waals surface area contributed by atoms with Gasteiger partial charge in [-0.25, -0.2) is 14.4 Å². The van der Waals surface area contributed by atoms with Crippen LogP contribution in [0.2, 0.25) is 0 Å². The fraction of sp³-hybridized carbons (Fsp3) is 0.333. The highest BCUT2D eigenvalue weighted by Crippen LogP contribution is 2.09. The average Bonchev–Trinajstić information content (AvgIpc) is 1.90. The van der Waals surface area contributed by atoms with Crippen LogP contribution in [0.25, 0.3) is 0 Å². The number of aromatic nitrogens is 2. The van der Waals surface area contributed by atoms with Crippen molar-refractivity contribution in [3.05, 3.63) is 24.3 Å². The van der Waals surface area contributed by atoms with E-state index in [1.807, 2.05) is 0 Å². The van der Waals surface area contributed by atoms with Gasteiger partial charge >= 0.3 is 0 Å². The van der Waals surface area contributed by atoms with Gasteiger partial charge in [-0.15, -0.1) is 0 Å². The second kappa shape index (κ2) is 2.53. The minimum atomic E-state index is -1.05. The van der Waals surface area contributed by atoms with Crippen LogP contribution in [0.1, 0.15) is 18.8 Å². The molecule has 0 spiro atoms. The third-order valence-corrected chi connectivity index (χ3v) is 0.927. The fourth-order valence-corrected chi connectivity index (χ4v) is 0.487. The van der Waals surface area contributed by atoms with Crippen LogP contribution in [0.3, 0.4) is 0 Å². The molecule has 1 heterocycles. The fourth-order valence-electron chi connectivity index (χ4n) is 0.487. The van der Waals surface area contributed by atoms with E-state index in [2.05, 4.69) is 16.0 Å². The normalized spacial score (nSPS) is 13.1.